The van der Waals surface area contributed by atoms with Crippen LogP contribution in [0.1, 0.15) is 31.8 Å². The van der Waals surface area contributed by atoms with E-state index in [0.717, 1.165) is 5.56 Å². The minimum Gasteiger partial charge on any atom is -0.497 e. The molecule has 3 aromatic rings. The number of rotatable bonds is 7. The molecule has 0 atom stereocenters. The van der Waals surface area contributed by atoms with Crippen molar-refractivity contribution in [1.29, 1.82) is 0 Å². The minimum absolute atomic E-state index is 0.0463. The average Bonchev–Trinajstić information content (AvgIpc) is 2.83. The van der Waals surface area contributed by atoms with Crippen LogP contribution in [0.15, 0.2) is 65.6 Å². The van der Waals surface area contributed by atoms with Crippen LogP contribution in [-0.2, 0) is 10.1 Å². The number of hydrogen-bond donors (Lipinski definition) is 2. The smallest absolute Gasteiger partial charge is 0.339 e. The van der Waals surface area contributed by atoms with Crippen molar-refractivity contribution >= 4 is 21.9 Å². The molecule has 0 aromatic heterocycles. The average molecular weight is 485 g/mol. The fraction of sp³-hybridized carbons (Fsp3) is 0.167. The Labute approximate surface area is 197 Å². The van der Waals surface area contributed by atoms with E-state index < -0.39 is 21.9 Å². The lowest BCUT2D eigenvalue weighted by Crippen LogP contribution is -2.41. The van der Waals surface area contributed by atoms with Gasteiger partial charge in [0.25, 0.3) is 11.8 Å². The fourth-order valence-corrected chi connectivity index (χ4v) is 4.25. The Bertz CT molecular complexity index is 1300. The number of carbonyl (C=O) groups excluding carboxylic acids is 2. The molecule has 0 fully saturated rings. The Balaban J connectivity index is 1.65. The first-order chi connectivity index (χ1) is 16.1. The molecule has 10 heteroatoms. The van der Waals surface area contributed by atoms with Crippen LogP contribution in [0.25, 0.3) is 0 Å². The summed E-state index contributed by atoms with van der Waals surface area (Å²) >= 11 is 0. The van der Waals surface area contributed by atoms with E-state index in [1.165, 1.54) is 56.7 Å². The Morgan fingerprint density at radius 1 is 0.706 bits per heavy atom. The minimum atomic E-state index is -4.04. The van der Waals surface area contributed by atoms with Crippen LogP contribution in [0, 0.1) is 13.8 Å². The normalized spacial score (nSPS) is 10.8. The van der Waals surface area contributed by atoms with Gasteiger partial charge in [0.15, 0.2) is 0 Å². The van der Waals surface area contributed by atoms with Crippen molar-refractivity contribution in [2.45, 2.75) is 18.7 Å². The zero-order valence-electron chi connectivity index (χ0n) is 19.0. The van der Waals surface area contributed by atoms with Gasteiger partial charge in [0.2, 0.25) is 0 Å². The van der Waals surface area contributed by atoms with Crippen LogP contribution < -0.4 is 24.5 Å². The molecule has 0 heterocycles. The first kappa shape index (κ1) is 24.6. The van der Waals surface area contributed by atoms with Crippen molar-refractivity contribution in [3.05, 3.63) is 82.9 Å². The molecular formula is C24H24N2O7S. The SMILES string of the molecule is COc1cc(OC)cc(C(=O)NNC(=O)c2ccc(OS(=O)(=O)c3cc(C)ccc3C)cc2)c1. The number of aryl methyl sites for hydroxylation is 2. The van der Waals surface area contributed by atoms with Crippen molar-refractivity contribution in [2.24, 2.45) is 0 Å². The number of nitrogens with one attached hydrogen (secondary N) is 2. The number of carbonyl (C=O) groups is 2. The molecule has 0 aliphatic heterocycles. The van der Waals surface area contributed by atoms with Gasteiger partial charge in [-0.25, -0.2) is 0 Å². The van der Waals surface area contributed by atoms with Crippen LogP contribution in [0.5, 0.6) is 17.2 Å². The Hall–Kier alpha value is -4.05. The summed E-state index contributed by atoms with van der Waals surface area (Å²) in [6, 6.07) is 15.1. The molecule has 0 aliphatic rings. The van der Waals surface area contributed by atoms with Crippen molar-refractivity contribution in [2.75, 3.05) is 14.2 Å². The van der Waals surface area contributed by atoms with Gasteiger partial charge in [0, 0.05) is 17.2 Å². The van der Waals surface area contributed by atoms with Crippen LogP contribution >= 0.6 is 0 Å². The summed E-state index contributed by atoms with van der Waals surface area (Å²) in [5, 5.41) is 0. The second-order valence-electron chi connectivity index (χ2n) is 7.34. The maximum atomic E-state index is 12.6. The van der Waals surface area contributed by atoms with Crippen molar-refractivity contribution in [1.82, 2.24) is 10.9 Å². The lowest BCUT2D eigenvalue weighted by Gasteiger charge is -2.11. The largest absolute Gasteiger partial charge is 0.497 e. The number of ether oxygens (including phenoxy) is 2. The standard InChI is InChI=1S/C24H24N2O7S/c1-15-5-6-16(2)22(11-15)34(29,30)33-19-9-7-17(8-10-19)23(27)25-26-24(28)18-12-20(31-3)14-21(13-18)32-4/h5-14H,1-4H3,(H,25,27)(H,26,28). The highest BCUT2D eigenvalue weighted by molar-refractivity contribution is 7.87. The molecule has 178 valence electrons. The van der Waals surface area contributed by atoms with E-state index in [1.54, 1.807) is 26.0 Å². The Morgan fingerprint density at radius 3 is 1.82 bits per heavy atom. The van der Waals surface area contributed by atoms with E-state index in [1.807, 2.05) is 6.07 Å². The van der Waals surface area contributed by atoms with Crippen LogP contribution in [0.2, 0.25) is 0 Å². The molecule has 3 rings (SSSR count). The van der Waals surface area contributed by atoms with Gasteiger partial charge >= 0.3 is 10.1 Å². The third kappa shape index (κ3) is 5.84. The van der Waals surface area contributed by atoms with Crippen LogP contribution in [0.4, 0.5) is 0 Å². The van der Waals surface area contributed by atoms with Gasteiger partial charge < -0.3 is 13.7 Å². The van der Waals surface area contributed by atoms with Gasteiger partial charge in [0.05, 0.1) is 14.2 Å². The predicted molar refractivity (Wildman–Crippen MR) is 125 cm³/mol. The molecule has 2 N–H and O–H groups in total. The van der Waals surface area contributed by atoms with Crippen molar-refractivity contribution < 1.29 is 31.7 Å². The first-order valence-corrected chi connectivity index (χ1v) is 11.5. The molecule has 0 saturated heterocycles. The molecule has 2 amide bonds. The highest BCUT2D eigenvalue weighted by atomic mass is 32.2. The fourth-order valence-electron chi connectivity index (χ4n) is 3.01. The van der Waals surface area contributed by atoms with E-state index >= 15 is 0 Å². The quantitative estimate of drug-likeness (QED) is 0.390. The number of methoxy groups -OCH3 is 2. The molecule has 0 bridgehead atoms. The third-order valence-corrected chi connectivity index (χ3v) is 6.23. The zero-order chi connectivity index (χ0) is 24.9. The highest BCUT2D eigenvalue weighted by Gasteiger charge is 2.20. The second kappa shape index (κ2) is 10.3. The lowest BCUT2D eigenvalue weighted by molar-refractivity contribution is 0.0846. The number of hydrazine groups is 1. The summed E-state index contributed by atoms with van der Waals surface area (Å²) in [4.78, 5) is 24.9. The summed E-state index contributed by atoms with van der Waals surface area (Å²) in [7, 11) is -1.13. The maximum Gasteiger partial charge on any atom is 0.339 e. The second-order valence-corrected chi connectivity index (χ2v) is 8.86. The summed E-state index contributed by atoms with van der Waals surface area (Å²) < 4.78 is 40.7. The molecular weight excluding hydrogens is 460 g/mol. The molecule has 0 aliphatic carbocycles. The molecule has 9 nitrogen and oxygen atoms in total. The van der Waals surface area contributed by atoms with Gasteiger partial charge in [-0.05, 0) is 67.4 Å². The summed E-state index contributed by atoms with van der Waals surface area (Å²) in [6.45, 7) is 3.47. The number of benzene rings is 3. The monoisotopic (exact) mass is 484 g/mol. The van der Waals surface area contributed by atoms with E-state index in [9.17, 15) is 18.0 Å². The molecule has 0 unspecified atom stereocenters. The van der Waals surface area contributed by atoms with E-state index in [-0.39, 0.29) is 21.8 Å². The zero-order valence-corrected chi connectivity index (χ0v) is 19.9. The first-order valence-electron chi connectivity index (χ1n) is 10.1. The molecule has 3 aromatic carbocycles. The summed E-state index contributed by atoms with van der Waals surface area (Å²) in [5.74, 6) is -0.299. The number of hydrogen-bond acceptors (Lipinski definition) is 7. The van der Waals surface area contributed by atoms with Gasteiger partial charge in [-0.3, -0.25) is 20.4 Å². The van der Waals surface area contributed by atoms with Gasteiger partial charge in [0.1, 0.15) is 22.1 Å². The molecule has 0 saturated carbocycles. The predicted octanol–water partition coefficient (Wildman–Crippen LogP) is 3.16. The number of amides is 2. The summed E-state index contributed by atoms with van der Waals surface area (Å²) in [6.07, 6.45) is 0. The molecule has 34 heavy (non-hydrogen) atoms. The molecule has 0 radical (unpaired) electrons. The van der Waals surface area contributed by atoms with Crippen molar-refractivity contribution in [3.8, 4) is 17.2 Å². The van der Waals surface area contributed by atoms with Gasteiger partial charge in [-0.2, -0.15) is 8.42 Å². The van der Waals surface area contributed by atoms with Crippen LogP contribution in [-0.4, -0.2) is 34.5 Å². The Morgan fingerprint density at radius 2 is 1.26 bits per heavy atom. The van der Waals surface area contributed by atoms with Gasteiger partial charge in [-0.1, -0.05) is 12.1 Å². The lowest BCUT2D eigenvalue weighted by atomic mass is 10.2. The van der Waals surface area contributed by atoms with Crippen LogP contribution in [0.3, 0.4) is 0 Å². The Kier molecular flexibility index (Phi) is 7.42. The van der Waals surface area contributed by atoms with E-state index in [2.05, 4.69) is 10.9 Å². The third-order valence-electron chi connectivity index (χ3n) is 4.84. The molecule has 0 spiro atoms. The maximum absolute atomic E-state index is 12.6. The van der Waals surface area contributed by atoms with E-state index in [0.29, 0.717) is 17.1 Å². The highest BCUT2D eigenvalue weighted by Crippen LogP contribution is 2.23. The van der Waals surface area contributed by atoms with Crippen molar-refractivity contribution in [3.63, 3.8) is 0 Å². The van der Waals surface area contributed by atoms with E-state index in [4.69, 9.17) is 13.7 Å². The topological polar surface area (TPSA) is 120 Å². The summed E-state index contributed by atoms with van der Waals surface area (Å²) in [5.41, 5.74) is 6.36. The van der Waals surface area contributed by atoms with Gasteiger partial charge in [-0.15, -0.1) is 0 Å².